The predicted molar refractivity (Wildman–Crippen MR) is 97.8 cm³/mol. The molecule has 2 N–H and O–H groups in total. The van der Waals surface area contributed by atoms with Crippen LogP contribution < -0.4 is 10.6 Å². The Hall–Kier alpha value is -0.120. The number of hydrogen-bond donors (Lipinski definition) is 2. The van der Waals surface area contributed by atoms with E-state index in [1.165, 1.54) is 0 Å². The Morgan fingerprint density at radius 1 is 1.05 bits per heavy atom. The molecular formula is C14H32IN3O3. The van der Waals surface area contributed by atoms with Crippen molar-refractivity contribution in [2.45, 2.75) is 32.3 Å². The normalized spacial score (nSPS) is 12.0. The summed E-state index contributed by atoms with van der Waals surface area (Å²) in [6.45, 7) is 7.75. The van der Waals surface area contributed by atoms with Crippen LogP contribution in [0.3, 0.4) is 0 Å². The lowest BCUT2D eigenvalue weighted by molar-refractivity contribution is 0.0268. The van der Waals surface area contributed by atoms with Crippen molar-refractivity contribution in [2.75, 3.05) is 54.2 Å². The average Bonchev–Trinajstić information content (AvgIpc) is 2.45. The van der Waals surface area contributed by atoms with Crippen molar-refractivity contribution in [3.8, 4) is 0 Å². The fourth-order valence-electron chi connectivity index (χ4n) is 1.37. The number of rotatable bonds is 11. The molecule has 0 aromatic rings. The first-order valence-electron chi connectivity index (χ1n) is 7.12. The molecule has 7 heteroatoms. The van der Waals surface area contributed by atoms with Gasteiger partial charge in [-0.1, -0.05) is 0 Å². The molecule has 0 radical (unpaired) electrons. The molecule has 0 aliphatic heterocycles. The van der Waals surface area contributed by atoms with E-state index in [4.69, 9.17) is 14.2 Å². The number of methoxy groups -OCH3 is 2. The van der Waals surface area contributed by atoms with Crippen LogP contribution >= 0.6 is 24.0 Å². The standard InChI is InChI=1S/C14H31N3O3.HI/c1-14(2,19-5)12-17-13(15-3)16-8-6-7-9-20-11-10-18-4;/h6-12H2,1-5H3,(H2,15,16,17);1H. The second-order valence-corrected chi connectivity index (χ2v) is 5.13. The highest BCUT2D eigenvalue weighted by Crippen LogP contribution is 2.04. The number of halogens is 1. The van der Waals surface area contributed by atoms with Gasteiger partial charge in [0.2, 0.25) is 0 Å². The van der Waals surface area contributed by atoms with E-state index in [0.717, 1.165) is 32.0 Å². The molecule has 0 rings (SSSR count). The van der Waals surface area contributed by atoms with E-state index in [0.29, 0.717) is 19.8 Å². The van der Waals surface area contributed by atoms with Gasteiger partial charge >= 0.3 is 0 Å². The van der Waals surface area contributed by atoms with Gasteiger partial charge in [0.1, 0.15) is 0 Å². The zero-order chi connectivity index (χ0) is 15.3. The predicted octanol–water partition coefficient (Wildman–Crippen LogP) is 1.64. The number of nitrogens with zero attached hydrogens (tertiary/aromatic N) is 1. The lowest BCUT2D eigenvalue weighted by atomic mass is 10.1. The maximum atomic E-state index is 5.40. The molecule has 0 bridgehead atoms. The maximum Gasteiger partial charge on any atom is 0.191 e. The Bertz CT molecular complexity index is 264. The zero-order valence-electron chi connectivity index (χ0n) is 14.0. The fourth-order valence-corrected chi connectivity index (χ4v) is 1.37. The lowest BCUT2D eigenvalue weighted by Gasteiger charge is -2.24. The number of guanidine groups is 1. The van der Waals surface area contributed by atoms with Crippen LogP contribution in [0, 0.1) is 0 Å². The molecule has 0 saturated carbocycles. The zero-order valence-corrected chi connectivity index (χ0v) is 16.4. The van der Waals surface area contributed by atoms with Crippen molar-refractivity contribution in [1.82, 2.24) is 10.6 Å². The van der Waals surface area contributed by atoms with Crippen LogP contribution in [-0.2, 0) is 14.2 Å². The monoisotopic (exact) mass is 417 g/mol. The maximum absolute atomic E-state index is 5.40. The van der Waals surface area contributed by atoms with Crippen molar-refractivity contribution in [1.29, 1.82) is 0 Å². The summed E-state index contributed by atoms with van der Waals surface area (Å²) in [6.07, 6.45) is 2.07. The molecule has 0 aromatic heterocycles. The molecule has 0 aliphatic rings. The molecule has 0 aliphatic carbocycles. The van der Waals surface area contributed by atoms with E-state index >= 15 is 0 Å². The molecule has 6 nitrogen and oxygen atoms in total. The summed E-state index contributed by atoms with van der Waals surface area (Å²) in [7, 11) is 5.15. The molecule has 128 valence electrons. The molecule has 0 saturated heterocycles. The van der Waals surface area contributed by atoms with Crippen LogP contribution in [0.2, 0.25) is 0 Å². The van der Waals surface area contributed by atoms with E-state index in [2.05, 4.69) is 15.6 Å². The van der Waals surface area contributed by atoms with Crippen LogP contribution in [-0.4, -0.2) is 65.7 Å². The SMILES string of the molecule is CN=C(NCCCCOCCOC)NCC(C)(C)OC.I. The molecule has 0 spiro atoms. The summed E-state index contributed by atoms with van der Waals surface area (Å²) >= 11 is 0. The van der Waals surface area contributed by atoms with Crippen LogP contribution in [0.25, 0.3) is 0 Å². The third-order valence-corrected chi connectivity index (χ3v) is 2.90. The molecule has 0 aromatic carbocycles. The minimum Gasteiger partial charge on any atom is -0.382 e. The Labute approximate surface area is 146 Å². The minimum absolute atomic E-state index is 0. The molecule has 21 heavy (non-hydrogen) atoms. The van der Waals surface area contributed by atoms with E-state index in [1.54, 1.807) is 21.3 Å². The second kappa shape index (κ2) is 14.8. The second-order valence-electron chi connectivity index (χ2n) is 5.13. The van der Waals surface area contributed by atoms with Crippen molar-refractivity contribution >= 4 is 29.9 Å². The van der Waals surface area contributed by atoms with Gasteiger partial charge < -0.3 is 24.8 Å². The number of hydrogen-bond acceptors (Lipinski definition) is 4. The highest BCUT2D eigenvalue weighted by Gasteiger charge is 2.16. The number of aliphatic imine (C=N–C) groups is 1. The van der Waals surface area contributed by atoms with Crippen LogP contribution in [0.15, 0.2) is 4.99 Å². The molecule has 0 amide bonds. The van der Waals surface area contributed by atoms with Crippen LogP contribution in [0.4, 0.5) is 0 Å². The molecule has 0 fully saturated rings. The summed E-state index contributed by atoms with van der Waals surface area (Å²) in [5, 5.41) is 6.52. The topological polar surface area (TPSA) is 64.1 Å². The van der Waals surface area contributed by atoms with Gasteiger partial charge in [-0.3, -0.25) is 4.99 Å². The minimum atomic E-state index is -0.202. The van der Waals surface area contributed by atoms with E-state index in [9.17, 15) is 0 Å². The summed E-state index contributed by atoms with van der Waals surface area (Å²) in [5.74, 6) is 0.801. The molecule has 0 atom stereocenters. The van der Waals surface area contributed by atoms with E-state index in [1.807, 2.05) is 13.8 Å². The largest absolute Gasteiger partial charge is 0.382 e. The number of unbranched alkanes of at least 4 members (excludes halogenated alkanes) is 1. The Morgan fingerprint density at radius 3 is 2.33 bits per heavy atom. The van der Waals surface area contributed by atoms with Crippen molar-refractivity contribution in [2.24, 2.45) is 4.99 Å². The first kappa shape index (κ1) is 23.2. The van der Waals surface area contributed by atoms with Gasteiger partial charge in [0.25, 0.3) is 0 Å². The summed E-state index contributed by atoms with van der Waals surface area (Å²) in [4.78, 5) is 4.17. The number of ether oxygens (including phenoxy) is 3. The lowest BCUT2D eigenvalue weighted by Crippen LogP contribution is -2.45. The fraction of sp³-hybridized carbons (Fsp3) is 0.929. The number of nitrogens with one attached hydrogen (secondary N) is 2. The van der Waals surface area contributed by atoms with Gasteiger partial charge in [-0.25, -0.2) is 0 Å². The Kier molecular flexibility index (Phi) is 16.3. The highest BCUT2D eigenvalue weighted by atomic mass is 127. The Balaban J connectivity index is 0. The average molecular weight is 417 g/mol. The third kappa shape index (κ3) is 14.6. The summed E-state index contributed by atoms with van der Waals surface area (Å²) in [5.41, 5.74) is -0.202. The van der Waals surface area contributed by atoms with Gasteiger partial charge in [0, 0.05) is 41.0 Å². The third-order valence-electron chi connectivity index (χ3n) is 2.90. The van der Waals surface area contributed by atoms with Crippen molar-refractivity contribution < 1.29 is 14.2 Å². The smallest absolute Gasteiger partial charge is 0.191 e. The summed E-state index contributed by atoms with van der Waals surface area (Å²) < 4.78 is 15.7. The van der Waals surface area contributed by atoms with Crippen LogP contribution in [0.1, 0.15) is 26.7 Å². The van der Waals surface area contributed by atoms with Gasteiger partial charge in [-0.05, 0) is 26.7 Å². The summed E-state index contributed by atoms with van der Waals surface area (Å²) in [6, 6.07) is 0. The first-order valence-corrected chi connectivity index (χ1v) is 7.12. The van der Waals surface area contributed by atoms with Gasteiger partial charge in [0.05, 0.1) is 18.8 Å². The Morgan fingerprint density at radius 2 is 1.76 bits per heavy atom. The van der Waals surface area contributed by atoms with Crippen molar-refractivity contribution in [3.63, 3.8) is 0 Å². The molecular weight excluding hydrogens is 385 g/mol. The van der Waals surface area contributed by atoms with Crippen LogP contribution in [0.5, 0.6) is 0 Å². The quantitative estimate of drug-likeness (QED) is 0.232. The van der Waals surface area contributed by atoms with Crippen molar-refractivity contribution in [3.05, 3.63) is 0 Å². The first-order chi connectivity index (χ1) is 9.55. The molecule has 0 unspecified atom stereocenters. The molecule has 0 heterocycles. The van der Waals surface area contributed by atoms with Gasteiger partial charge in [-0.15, -0.1) is 24.0 Å². The van der Waals surface area contributed by atoms with Gasteiger partial charge in [0.15, 0.2) is 5.96 Å². The van der Waals surface area contributed by atoms with E-state index in [-0.39, 0.29) is 29.6 Å². The van der Waals surface area contributed by atoms with Gasteiger partial charge in [-0.2, -0.15) is 0 Å². The van der Waals surface area contributed by atoms with E-state index < -0.39 is 0 Å². The highest BCUT2D eigenvalue weighted by molar-refractivity contribution is 14.0.